The lowest BCUT2D eigenvalue weighted by Crippen LogP contribution is -2.34. The number of nitrogens with one attached hydrogen (secondary N) is 1. The number of hydrogen-bond acceptors (Lipinski definition) is 4. The van der Waals surface area contributed by atoms with Crippen molar-refractivity contribution in [3.63, 3.8) is 0 Å². The average molecular weight is 455 g/mol. The van der Waals surface area contributed by atoms with E-state index in [1.54, 1.807) is 17.0 Å². The molecule has 0 aromatic heterocycles. The highest BCUT2D eigenvalue weighted by molar-refractivity contribution is 6.32. The number of carbonyl (C=O) groups excluding carboxylic acids is 2. The second-order valence-corrected chi connectivity index (χ2v) is 6.98. The molecule has 0 heterocycles. The number of halogens is 3. The standard InChI is InChI=1S/C22H25ClF2N2O4/c1-3-27(4-2)22(29)14-31-19-10-8-16(13-17(19)23)26-21(28)6-5-11-30-20-9-7-15(24)12-18(20)25/h7-10,12-13H,3-6,11,14H2,1-2H3,(H,26,28). The smallest absolute Gasteiger partial charge is 0.260 e. The van der Waals surface area contributed by atoms with Crippen molar-refractivity contribution in [2.24, 2.45) is 0 Å². The first-order valence-corrected chi connectivity index (χ1v) is 10.3. The predicted molar refractivity (Wildman–Crippen MR) is 115 cm³/mol. The molecule has 2 aromatic rings. The van der Waals surface area contributed by atoms with Crippen LogP contribution in [0.25, 0.3) is 0 Å². The summed E-state index contributed by atoms with van der Waals surface area (Å²) in [5.41, 5.74) is 0.475. The van der Waals surface area contributed by atoms with E-state index >= 15 is 0 Å². The summed E-state index contributed by atoms with van der Waals surface area (Å²) in [7, 11) is 0. The van der Waals surface area contributed by atoms with E-state index in [9.17, 15) is 18.4 Å². The van der Waals surface area contributed by atoms with Gasteiger partial charge in [-0.15, -0.1) is 0 Å². The zero-order valence-corrected chi connectivity index (χ0v) is 18.2. The summed E-state index contributed by atoms with van der Waals surface area (Å²) in [5, 5.41) is 2.96. The van der Waals surface area contributed by atoms with Crippen molar-refractivity contribution in [2.45, 2.75) is 26.7 Å². The molecule has 1 N–H and O–H groups in total. The Morgan fingerprint density at radius 2 is 1.74 bits per heavy atom. The first-order valence-electron chi connectivity index (χ1n) is 9.91. The highest BCUT2D eigenvalue weighted by Gasteiger charge is 2.12. The summed E-state index contributed by atoms with van der Waals surface area (Å²) >= 11 is 6.18. The van der Waals surface area contributed by atoms with E-state index in [2.05, 4.69) is 5.32 Å². The highest BCUT2D eigenvalue weighted by Crippen LogP contribution is 2.28. The van der Waals surface area contributed by atoms with Gasteiger partial charge in [0.2, 0.25) is 5.91 Å². The van der Waals surface area contributed by atoms with Gasteiger partial charge in [0.1, 0.15) is 11.6 Å². The van der Waals surface area contributed by atoms with Crippen LogP contribution in [-0.4, -0.2) is 43.0 Å². The Kier molecular flexibility index (Phi) is 9.52. The molecule has 2 aromatic carbocycles. The molecule has 31 heavy (non-hydrogen) atoms. The van der Waals surface area contributed by atoms with Gasteiger partial charge in [-0.1, -0.05) is 11.6 Å². The highest BCUT2D eigenvalue weighted by atomic mass is 35.5. The third-order valence-corrected chi connectivity index (χ3v) is 4.68. The van der Waals surface area contributed by atoms with Crippen molar-refractivity contribution in [3.05, 3.63) is 53.1 Å². The van der Waals surface area contributed by atoms with Gasteiger partial charge in [-0.2, -0.15) is 0 Å². The minimum absolute atomic E-state index is 0.0661. The number of benzene rings is 2. The predicted octanol–water partition coefficient (Wildman–Crippen LogP) is 4.66. The van der Waals surface area contributed by atoms with Crippen LogP contribution in [0.5, 0.6) is 11.5 Å². The molecule has 2 amide bonds. The van der Waals surface area contributed by atoms with Crippen molar-refractivity contribution < 1.29 is 27.8 Å². The number of amides is 2. The molecule has 0 aliphatic heterocycles. The van der Waals surface area contributed by atoms with Gasteiger partial charge in [-0.3, -0.25) is 9.59 Å². The minimum atomic E-state index is -0.791. The zero-order valence-electron chi connectivity index (χ0n) is 17.4. The maximum absolute atomic E-state index is 13.5. The number of hydrogen-bond donors (Lipinski definition) is 1. The monoisotopic (exact) mass is 454 g/mol. The summed E-state index contributed by atoms with van der Waals surface area (Å²) in [5.74, 6) is -1.61. The molecule has 0 saturated heterocycles. The van der Waals surface area contributed by atoms with Gasteiger partial charge in [0.15, 0.2) is 18.2 Å². The van der Waals surface area contributed by atoms with Gasteiger partial charge < -0.3 is 19.7 Å². The van der Waals surface area contributed by atoms with E-state index in [1.165, 1.54) is 12.1 Å². The van der Waals surface area contributed by atoms with Gasteiger partial charge in [0.05, 0.1) is 11.6 Å². The molecule has 0 bridgehead atoms. The third-order valence-electron chi connectivity index (χ3n) is 4.38. The number of ether oxygens (including phenoxy) is 2. The molecular formula is C22H25ClF2N2O4. The lowest BCUT2D eigenvalue weighted by molar-refractivity contribution is -0.133. The average Bonchev–Trinajstić information content (AvgIpc) is 2.72. The first kappa shape index (κ1) is 24.4. The molecule has 0 radical (unpaired) electrons. The van der Waals surface area contributed by atoms with Crippen LogP contribution in [0.15, 0.2) is 36.4 Å². The summed E-state index contributed by atoms with van der Waals surface area (Å²) in [6.07, 6.45) is 0.474. The van der Waals surface area contributed by atoms with Crippen LogP contribution in [0.2, 0.25) is 5.02 Å². The number of likely N-dealkylation sites (N-methyl/N-ethyl adjacent to an activating group) is 1. The quantitative estimate of drug-likeness (QED) is 0.501. The van der Waals surface area contributed by atoms with Crippen LogP contribution in [0.1, 0.15) is 26.7 Å². The van der Waals surface area contributed by atoms with Crippen molar-refractivity contribution in [3.8, 4) is 11.5 Å². The lowest BCUT2D eigenvalue weighted by Gasteiger charge is -2.19. The topological polar surface area (TPSA) is 67.9 Å². The summed E-state index contributed by atoms with van der Waals surface area (Å²) in [4.78, 5) is 25.7. The van der Waals surface area contributed by atoms with Crippen LogP contribution in [-0.2, 0) is 9.59 Å². The molecule has 0 atom stereocenters. The van der Waals surface area contributed by atoms with Crippen molar-refractivity contribution >= 4 is 29.1 Å². The van der Waals surface area contributed by atoms with Gasteiger partial charge >= 0.3 is 0 Å². The Morgan fingerprint density at radius 1 is 1.03 bits per heavy atom. The van der Waals surface area contributed by atoms with Crippen molar-refractivity contribution in [1.82, 2.24) is 4.90 Å². The van der Waals surface area contributed by atoms with Gasteiger partial charge in [0, 0.05) is 31.3 Å². The number of carbonyl (C=O) groups is 2. The molecule has 168 valence electrons. The van der Waals surface area contributed by atoms with Crippen LogP contribution < -0.4 is 14.8 Å². The summed E-state index contributed by atoms with van der Waals surface area (Å²) in [6, 6.07) is 7.76. The number of nitrogens with zero attached hydrogens (tertiary/aromatic N) is 1. The molecule has 6 nitrogen and oxygen atoms in total. The van der Waals surface area contributed by atoms with Crippen molar-refractivity contribution in [2.75, 3.05) is 31.6 Å². The Bertz CT molecular complexity index is 907. The van der Waals surface area contributed by atoms with Crippen molar-refractivity contribution in [1.29, 1.82) is 0 Å². The molecule has 9 heteroatoms. The molecule has 2 rings (SSSR count). The fraction of sp³-hybridized carbons (Fsp3) is 0.364. The largest absolute Gasteiger partial charge is 0.491 e. The van der Waals surface area contributed by atoms with Crippen LogP contribution in [0.4, 0.5) is 14.5 Å². The van der Waals surface area contributed by atoms with Crippen LogP contribution in [0, 0.1) is 11.6 Å². The minimum Gasteiger partial charge on any atom is -0.491 e. The maximum Gasteiger partial charge on any atom is 0.260 e. The number of rotatable bonds is 11. The second kappa shape index (κ2) is 12.1. The van der Waals surface area contributed by atoms with E-state index in [0.717, 1.165) is 12.1 Å². The van der Waals surface area contributed by atoms with E-state index in [0.29, 0.717) is 30.9 Å². The maximum atomic E-state index is 13.5. The molecule has 0 aliphatic carbocycles. The molecular weight excluding hydrogens is 430 g/mol. The van der Waals surface area contributed by atoms with E-state index in [4.69, 9.17) is 21.1 Å². The second-order valence-electron chi connectivity index (χ2n) is 6.57. The Labute approximate surface area is 185 Å². The van der Waals surface area contributed by atoms with Gasteiger partial charge in [-0.05, 0) is 50.6 Å². The normalized spacial score (nSPS) is 10.5. The molecule has 0 aliphatic rings. The summed E-state index contributed by atoms with van der Waals surface area (Å²) < 4.78 is 37.0. The van der Waals surface area contributed by atoms with E-state index in [-0.39, 0.29) is 42.2 Å². The molecule has 0 saturated carbocycles. The van der Waals surface area contributed by atoms with E-state index < -0.39 is 11.6 Å². The molecule has 0 unspecified atom stereocenters. The fourth-order valence-corrected chi connectivity index (χ4v) is 2.97. The molecule has 0 fully saturated rings. The summed E-state index contributed by atoms with van der Waals surface area (Å²) in [6.45, 7) is 4.95. The van der Waals surface area contributed by atoms with Crippen LogP contribution >= 0.6 is 11.6 Å². The third kappa shape index (κ3) is 7.71. The lowest BCUT2D eigenvalue weighted by atomic mass is 10.2. The van der Waals surface area contributed by atoms with Crippen LogP contribution in [0.3, 0.4) is 0 Å². The molecule has 0 spiro atoms. The van der Waals surface area contributed by atoms with Gasteiger partial charge in [-0.25, -0.2) is 8.78 Å². The Morgan fingerprint density at radius 3 is 2.39 bits per heavy atom. The first-order chi connectivity index (χ1) is 14.8. The number of anilines is 1. The SMILES string of the molecule is CCN(CC)C(=O)COc1ccc(NC(=O)CCCOc2ccc(F)cc2F)cc1Cl. The Hall–Kier alpha value is -2.87. The zero-order chi connectivity index (χ0) is 22.8. The van der Waals surface area contributed by atoms with E-state index in [1.807, 2.05) is 13.8 Å². The van der Waals surface area contributed by atoms with Gasteiger partial charge in [0.25, 0.3) is 5.91 Å². The fourth-order valence-electron chi connectivity index (χ4n) is 2.73. The Balaban J connectivity index is 1.77.